The molecule has 0 aliphatic carbocycles. The van der Waals surface area contributed by atoms with E-state index in [4.69, 9.17) is 4.74 Å². The molecular formula is C9H10N2O3. The monoisotopic (exact) mass is 194 g/mol. The third-order valence-corrected chi connectivity index (χ3v) is 2.35. The maximum absolute atomic E-state index is 10.5. The summed E-state index contributed by atoms with van der Waals surface area (Å²) in [6.45, 7) is 4.48. The van der Waals surface area contributed by atoms with Crippen LogP contribution in [0.5, 0.6) is 5.88 Å². The van der Waals surface area contributed by atoms with Crippen molar-refractivity contribution in [1.29, 1.82) is 0 Å². The summed E-state index contributed by atoms with van der Waals surface area (Å²) in [7, 11) is 0. The lowest BCUT2D eigenvalue weighted by Crippen LogP contribution is -2.18. The van der Waals surface area contributed by atoms with Crippen LogP contribution in [0.2, 0.25) is 0 Å². The number of rotatable bonds is 1. The Balaban J connectivity index is 2.53. The van der Waals surface area contributed by atoms with Gasteiger partial charge < -0.3 is 4.74 Å². The molecule has 0 saturated heterocycles. The van der Waals surface area contributed by atoms with Crippen LogP contribution in [0.25, 0.3) is 0 Å². The van der Waals surface area contributed by atoms with E-state index >= 15 is 0 Å². The zero-order chi connectivity index (χ0) is 10.3. The van der Waals surface area contributed by atoms with Gasteiger partial charge >= 0.3 is 0 Å². The van der Waals surface area contributed by atoms with Crippen molar-refractivity contribution in [3.8, 4) is 5.88 Å². The average Bonchev–Trinajstić information content (AvgIpc) is 2.42. The van der Waals surface area contributed by atoms with Gasteiger partial charge in [-0.1, -0.05) is 13.8 Å². The first kappa shape index (κ1) is 8.93. The van der Waals surface area contributed by atoms with Gasteiger partial charge in [-0.3, -0.25) is 10.1 Å². The highest BCUT2D eigenvalue weighted by Crippen LogP contribution is 2.38. The predicted octanol–water partition coefficient (Wildman–Crippen LogP) is 1.66. The summed E-state index contributed by atoms with van der Waals surface area (Å²) >= 11 is 0. The van der Waals surface area contributed by atoms with E-state index in [9.17, 15) is 10.1 Å². The molecule has 0 bridgehead atoms. The molecule has 0 unspecified atom stereocenters. The molecule has 74 valence electrons. The minimum Gasteiger partial charge on any atom is -0.477 e. The molecule has 1 aromatic rings. The number of pyridine rings is 1. The molecule has 2 rings (SSSR count). The van der Waals surface area contributed by atoms with Gasteiger partial charge in [0.05, 0.1) is 11.5 Å². The van der Waals surface area contributed by atoms with Crippen molar-refractivity contribution in [3.05, 3.63) is 27.9 Å². The van der Waals surface area contributed by atoms with E-state index in [1.165, 1.54) is 12.3 Å². The molecule has 0 atom stereocenters. The first-order chi connectivity index (χ1) is 6.50. The number of hydrogen-bond acceptors (Lipinski definition) is 4. The van der Waals surface area contributed by atoms with Gasteiger partial charge in [-0.15, -0.1) is 0 Å². The smallest absolute Gasteiger partial charge is 0.288 e. The summed E-state index contributed by atoms with van der Waals surface area (Å²) in [6.07, 6.45) is 1.22. The molecule has 0 aromatic carbocycles. The van der Waals surface area contributed by atoms with Crippen LogP contribution in [-0.2, 0) is 5.41 Å². The summed E-state index contributed by atoms with van der Waals surface area (Å²) in [4.78, 5) is 14.0. The van der Waals surface area contributed by atoms with E-state index in [0.717, 1.165) is 5.56 Å². The van der Waals surface area contributed by atoms with E-state index in [1.807, 2.05) is 13.8 Å². The molecule has 0 N–H and O–H groups in total. The van der Waals surface area contributed by atoms with E-state index in [0.29, 0.717) is 12.5 Å². The van der Waals surface area contributed by atoms with E-state index in [1.54, 1.807) is 0 Å². The van der Waals surface area contributed by atoms with Crippen LogP contribution in [0.1, 0.15) is 19.4 Å². The average molecular weight is 194 g/mol. The molecule has 1 aromatic heterocycles. The third-order valence-electron chi connectivity index (χ3n) is 2.35. The highest BCUT2D eigenvalue weighted by atomic mass is 16.6. The number of ether oxygens (including phenoxy) is 1. The van der Waals surface area contributed by atoms with Crippen LogP contribution in [-0.4, -0.2) is 16.5 Å². The van der Waals surface area contributed by atoms with Crippen molar-refractivity contribution in [2.45, 2.75) is 19.3 Å². The standard InChI is InChI=1S/C9H10N2O3/c1-9(2)5-14-8-7(9)3-6(4-10-8)11(12)13/h3-4H,5H2,1-2H3. The van der Waals surface area contributed by atoms with E-state index < -0.39 is 4.92 Å². The van der Waals surface area contributed by atoms with Gasteiger partial charge in [0.1, 0.15) is 6.20 Å². The Morgan fingerprint density at radius 1 is 1.64 bits per heavy atom. The first-order valence-corrected chi connectivity index (χ1v) is 4.28. The van der Waals surface area contributed by atoms with Crippen LogP contribution >= 0.6 is 0 Å². The lowest BCUT2D eigenvalue weighted by Gasteiger charge is -2.13. The summed E-state index contributed by atoms with van der Waals surface area (Å²) in [5.74, 6) is 0.514. The molecular weight excluding hydrogens is 184 g/mol. The topological polar surface area (TPSA) is 65.3 Å². The molecule has 0 amide bonds. The van der Waals surface area contributed by atoms with Gasteiger partial charge in [-0.25, -0.2) is 4.98 Å². The predicted molar refractivity (Wildman–Crippen MR) is 49.4 cm³/mol. The maximum Gasteiger partial charge on any atom is 0.288 e. The number of hydrogen-bond donors (Lipinski definition) is 0. The molecule has 0 radical (unpaired) electrons. The molecule has 0 fully saturated rings. The molecule has 5 nitrogen and oxygen atoms in total. The minimum absolute atomic E-state index is 0.0160. The van der Waals surface area contributed by atoms with Crippen molar-refractivity contribution >= 4 is 5.69 Å². The maximum atomic E-state index is 10.5. The second-order valence-corrected chi connectivity index (χ2v) is 3.98. The van der Waals surface area contributed by atoms with Crippen molar-refractivity contribution in [1.82, 2.24) is 4.98 Å². The van der Waals surface area contributed by atoms with Crippen LogP contribution < -0.4 is 4.74 Å². The van der Waals surface area contributed by atoms with Crippen molar-refractivity contribution in [2.75, 3.05) is 6.61 Å². The van der Waals surface area contributed by atoms with Crippen LogP contribution in [0, 0.1) is 10.1 Å². The molecule has 2 heterocycles. The fourth-order valence-corrected chi connectivity index (χ4v) is 1.47. The highest BCUT2D eigenvalue weighted by molar-refractivity contribution is 5.44. The zero-order valence-corrected chi connectivity index (χ0v) is 7.98. The molecule has 1 aliphatic heterocycles. The van der Waals surface area contributed by atoms with Crippen LogP contribution in [0.15, 0.2) is 12.3 Å². The van der Waals surface area contributed by atoms with Gasteiger partial charge in [0.15, 0.2) is 0 Å². The second-order valence-electron chi connectivity index (χ2n) is 3.98. The molecule has 0 spiro atoms. The van der Waals surface area contributed by atoms with Crippen LogP contribution in [0.3, 0.4) is 0 Å². The van der Waals surface area contributed by atoms with E-state index in [-0.39, 0.29) is 11.1 Å². The van der Waals surface area contributed by atoms with Gasteiger partial charge in [-0.05, 0) is 0 Å². The Kier molecular flexibility index (Phi) is 1.70. The Morgan fingerprint density at radius 2 is 2.36 bits per heavy atom. The van der Waals surface area contributed by atoms with E-state index in [2.05, 4.69) is 4.98 Å². The third kappa shape index (κ3) is 1.21. The number of nitrogens with zero attached hydrogens (tertiary/aromatic N) is 2. The quantitative estimate of drug-likeness (QED) is 0.503. The first-order valence-electron chi connectivity index (χ1n) is 4.28. The largest absolute Gasteiger partial charge is 0.477 e. The SMILES string of the molecule is CC1(C)COc2ncc([N+](=O)[O-])cc21. The Hall–Kier alpha value is -1.65. The fourth-order valence-electron chi connectivity index (χ4n) is 1.47. The lowest BCUT2D eigenvalue weighted by atomic mass is 9.88. The molecule has 14 heavy (non-hydrogen) atoms. The van der Waals surface area contributed by atoms with Gasteiger partial charge in [0, 0.05) is 17.0 Å². The Bertz CT molecular complexity index is 401. The Morgan fingerprint density at radius 3 is 3.00 bits per heavy atom. The lowest BCUT2D eigenvalue weighted by molar-refractivity contribution is -0.385. The molecule has 1 aliphatic rings. The summed E-state index contributed by atoms with van der Waals surface area (Å²) in [6, 6.07) is 1.54. The second kappa shape index (κ2) is 2.67. The van der Waals surface area contributed by atoms with Gasteiger partial charge in [-0.2, -0.15) is 0 Å². The molecule has 5 heteroatoms. The number of aromatic nitrogens is 1. The normalized spacial score (nSPS) is 17.3. The van der Waals surface area contributed by atoms with Crippen molar-refractivity contribution < 1.29 is 9.66 Å². The van der Waals surface area contributed by atoms with Crippen molar-refractivity contribution in [3.63, 3.8) is 0 Å². The summed E-state index contributed by atoms with van der Waals surface area (Å²) in [5.41, 5.74) is 0.642. The number of nitro groups is 1. The fraction of sp³-hybridized carbons (Fsp3) is 0.444. The summed E-state index contributed by atoms with van der Waals surface area (Å²) < 4.78 is 5.31. The molecule has 0 saturated carbocycles. The zero-order valence-electron chi connectivity index (χ0n) is 7.98. The number of fused-ring (bicyclic) bond motifs is 1. The van der Waals surface area contributed by atoms with Gasteiger partial charge in [0.2, 0.25) is 5.88 Å². The highest BCUT2D eigenvalue weighted by Gasteiger charge is 2.34. The van der Waals surface area contributed by atoms with Crippen molar-refractivity contribution in [2.24, 2.45) is 0 Å². The minimum atomic E-state index is -0.443. The Labute approximate surface area is 80.9 Å². The van der Waals surface area contributed by atoms with Crippen LogP contribution in [0.4, 0.5) is 5.69 Å². The van der Waals surface area contributed by atoms with Gasteiger partial charge in [0.25, 0.3) is 5.69 Å². The summed E-state index contributed by atoms with van der Waals surface area (Å²) in [5, 5.41) is 10.5.